The molecule has 1 aromatic rings. The molecular formula is C12H10BrNO4S. The predicted octanol–water partition coefficient (Wildman–Crippen LogP) is 2.83. The summed E-state index contributed by atoms with van der Waals surface area (Å²) in [7, 11) is 2.87. The van der Waals surface area contributed by atoms with Gasteiger partial charge in [0.15, 0.2) is 11.5 Å². The Morgan fingerprint density at radius 2 is 2.11 bits per heavy atom. The van der Waals surface area contributed by atoms with Crippen molar-refractivity contribution in [1.82, 2.24) is 4.90 Å². The molecule has 0 bridgehead atoms. The van der Waals surface area contributed by atoms with Crippen LogP contribution in [0.5, 0.6) is 11.5 Å². The second kappa shape index (κ2) is 5.26. The second-order valence-electron chi connectivity index (χ2n) is 3.79. The van der Waals surface area contributed by atoms with E-state index < -0.39 is 0 Å². The average molecular weight is 344 g/mol. The number of benzene rings is 1. The molecule has 1 aromatic carbocycles. The van der Waals surface area contributed by atoms with Gasteiger partial charge in [-0.05, 0) is 51.5 Å². The second-order valence-corrected chi connectivity index (χ2v) is 5.64. The molecule has 0 aromatic heterocycles. The van der Waals surface area contributed by atoms with Crippen LogP contribution in [0, 0.1) is 0 Å². The van der Waals surface area contributed by atoms with Crippen molar-refractivity contribution in [3.05, 3.63) is 27.1 Å². The Morgan fingerprint density at radius 3 is 2.63 bits per heavy atom. The fraction of sp³-hybridized carbons (Fsp3) is 0.167. The lowest BCUT2D eigenvalue weighted by molar-refractivity contribution is -0.121. The first-order chi connectivity index (χ1) is 8.93. The Kier molecular flexibility index (Phi) is 3.86. The summed E-state index contributed by atoms with van der Waals surface area (Å²) in [6.45, 7) is 0. The SMILES string of the molecule is COc1cc(/C=C2\SC(=O)N(C)C2=O)cc(Br)c1O. The summed E-state index contributed by atoms with van der Waals surface area (Å²) in [5.41, 5.74) is 0.653. The predicted molar refractivity (Wildman–Crippen MR) is 76.1 cm³/mol. The number of imide groups is 1. The van der Waals surface area contributed by atoms with Gasteiger partial charge in [-0.15, -0.1) is 0 Å². The van der Waals surface area contributed by atoms with E-state index in [-0.39, 0.29) is 22.6 Å². The van der Waals surface area contributed by atoms with Crippen LogP contribution in [0.15, 0.2) is 21.5 Å². The van der Waals surface area contributed by atoms with Crippen LogP contribution in [0.1, 0.15) is 5.56 Å². The highest BCUT2D eigenvalue weighted by Gasteiger charge is 2.31. The van der Waals surface area contributed by atoms with Gasteiger partial charge in [0.1, 0.15) is 0 Å². The van der Waals surface area contributed by atoms with Crippen LogP contribution >= 0.6 is 27.7 Å². The van der Waals surface area contributed by atoms with E-state index in [1.165, 1.54) is 14.2 Å². The number of phenols is 1. The first-order valence-corrected chi connectivity index (χ1v) is 6.83. The lowest BCUT2D eigenvalue weighted by Gasteiger charge is -2.07. The zero-order valence-corrected chi connectivity index (χ0v) is 12.5. The third-order valence-electron chi connectivity index (χ3n) is 2.55. The first kappa shape index (κ1) is 14.0. The maximum Gasteiger partial charge on any atom is 0.293 e. The number of methoxy groups -OCH3 is 1. The number of aromatic hydroxyl groups is 1. The van der Waals surface area contributed by atoms with Gasteiger partial charge in [0.25, 0.3) is 11.1 Å². The van der Waals surface area contributed by atoms with Crippen molar-refractivity contribution in [2.75, 3.05) is 14.2 Å². The van der Waals surface area contributed by atoms with E-state index in [1.807, 2.05) is 0 Å². The Balaban J connectivity index is 2.42. The summed E-state index contributed by atoms with van der Waals surface area (Å²) < 4.78 is 5.47. The number of rotatable bonds is 2. The lowest BCUT2D eigenvalue weighted by atomic mass is 10.2. The van der Waals surface area contributed by atoms with Crippen LogP contribution in [0.4, 0.5) is 4.79 Å². The molecule has 1 fully saturated rings. The fourth-order valence-corrected chi connectivity index (χ4v) is 2.82. The largest absolute Gasteiger partial charge is 0.503 e. The summed E-state index contributed by atoms with van der Waals surface area (Å²) in [6.07, 6.45) is 1.58. The molecule has 1 heterocycles. The van der Waals surface area contributed by atoms with E-state index in [0.717, 1.165) is 16.7 Å². The molecule has 2 amide bonds. The minimum Gasteiger partial charge on any atom is -0.503 e. The summed E-state index contributed by atoms with van der Waals surface area (Å²) in [6, 6.07) is 3.23. The molecule has 0 aliphatic carbocycles. The van der Waals surface area contributed by atoms with Crippen molar-refractivity contribution in [2.24, 2.45) is 0 Å². The van der Waals surface area contributed by atoms with Gasteiger partial charge in [0.05, 0.1) is 16.5 Å². The van der Waals surface area contributed by atoms with Crippen molar-refractivity contribution in [1.29, 1.82) is 0 Å². The molecule has 1 aliphatic rings. The van der Waals surface area contributed by atoms with Crippen molar-refractivity contribution in [3.8, 4) is 11.5 Å². The number of hydrogen-bond donors (Lipinski definition) is 1. The topological polar surface area (TPSA) is 66.8 Å². The van der Waals surface area contributed by atoms with Gasteiger partial charge in [0.2, 0.25) is 0 Å². The minimum absolute atomic E-state index is 0.0109. The third kappa shape index (κ3) is 2.62. The standard InChI is InChI=1S/C12H10BrNO4S/c1-14-11(16)9(19-12(14)17)5-6-3-7(13)10(15)8(4-6)18-2/h3-5,15H,1-2H3/b9-5-. The maximum atomic E-state index is 11.8. The van der Waals surface area contributed by atoms with Crippen LogP contribution < -0.4 is 4.74 Å². The van der Waals surface area contributed by atoms with Crippen LogP contribution in [-0.4, -0.2) is 35.3 Å². The zero-order chi connectivity index (χ0) is 14.2. The van der Waals surface area contributed by atoms with Gasteiger partial charge in [-0.2, -0.15) is 0 Å². The van der Waals surface area contributed by atoms with Gasteiger partial charge in [-0.1, -0.05) is 0 Å². The monoisotopic (exact) mass is 343 g/mol. The molecule has 100 valence electrons. The number of hydrogen-bond acceptors (Lipinski definition) is 5. The molecule has 0 atom stereocenters. The molecule has 1 N–H and O–H groups in total. The number of amides is 2. The normalized spacial score (nSPS) is 17.4. The van der Waals surface area contributed by atoms with Crippen molar-refractivity contribution < 1.29 is 19.4 Å². The first-order valence-electron chi connectivity index (χ1n) is 5.22. The molecule has 0 radical (unpaired) electrons. The van der Waals surface area contributed by atoms with E-state index in [4.69, 9.17) is 4.74 Å². The van der Waals surface area contributed by atoms with Gasteiger partial charge >= 0.3 is 0 Å². The number of nitrogens with zero attached hydrogens (tertiary/aromatic N) is 1. The summed E-state index contributed by atoms with van der Waals surface area (Å²) in [5, 5.41) is 9.39. The highest BCUT2D eigenvalue weighted by atomic mass is 79.9. The van der Waals surface area contributed by atoms with E-state index >= 15 is 0 Å². The highest BCUT2D eigenvalue weighted by molar-refractivity contribution is 9.10. The minimum atomic E-state index is -0.335. The van der Waals surface area contributed by atoms with Crippen LogP contribution in [0.3, 0.4) is 0 Å². The molecule has 19 heavy (non-hydrogen) atoms. The molecule has 0 unspecified atom stereocenters. The Labute approximate surface area is 122 Å². The summed E-state index contributed by atoms with van der Waals surface area (Å²) in [4.78, 5) is 24.5. The third-order valence-corrected chi connectivity index (χ3v) is 4.12. The summed E-state index contributed by atoms with van der Waals surface area (Å²) in [5.74, 6) is -0.0576. The van der Waals surface area contributed by atoms with Crippen LogP contribution in [0.25, 0.3) is 6.08 Å². The number of thioether (sulfide) groups is 1. The molecule has 0 saturated carbocycles. The number of carbonyl (C=O) groups is 2. The molecule has 0 spiro atoms. The van der Waals surface area contributed by atoms with Crippen molar-refractivity contribution in [2.45, 2.75) is 0 Å². The average Bonchev–Trinajstić information content (AvgIpc) is 2.61. The molecular weight excluding hydrogens is 334 g/mol. The molecule has 7 heteroatoms. The van der Waals surface area contributed by atoms with E-state index in [0.29, 0.717) is 14.9 Å². The van der Waals surface area contributed by atoms with Gasteiger partial charge in [0, 0.05) is 7.05 Å². The smallest absolute Gasteiger partial charge is 0.293 e. The van der Waals surface area contributed by atoms with E-state index in [9.17, 15) is 14.7 Å². The summed E-state index contributed by atoms with van der Waals surface area (Å²) >= 11 is 4.08. The molecule has 2 rings (SSSR count). The number of halogens is 1. The molecule has 1 aliphatic heterocycles. The van der Waals surface area contributed by atoms with Gasteiger partial charge in [-0.25, -0.2) is 0 Å². The van der Waals surface area contributed by atoms with Crippen LogP contribution in [0.2, 0.25) is 0 Å². The Bertz CT molecular complexity index is 600. The molecule has 5 nitrogen and oxygen atoms in total. The maximum absolute atomic E-state index is 11.8. The van der Waals surface area contributed by atoms with Crippen LogP contribution in [-0.2, 0) is 4.79 Å². The highest BCUT2D eigenvalue weighted by Crippen LogP contribution is 2.37. The lowest BCUT2D eigenvalue weighted by Crippen LogP contribution is -2.22. The van der Waals surface area contributed by atoms with Crippen molar-refractivity contribution in [3.63, 3.8) is 0 Å². The zero-order valence-electron chi connectivity index (χ0n) is 10.1. The van der Waals surface area contributed by atoms with Crippen molar-refractivity contribution >= 4 is 44.9 Å². The fourth-order valence-electron chi connectivity index (χ4n) is 1.53. The van der Waals surface area contributed by atoms with Gasteiger partial charge < -0.3 is 9.84 Å². The van der Waals surface area contributed by atoms with Gasteiger partial charge in [-0.3, -0.25) is 14.5 Å². The Hall–Kier alpha value is -1.47. The number of carbonyl (C=O) groups excluding carboxylic acids is 2. The van der Waals surface area contributed by atoms with E-state index in [2.05, 4.69) is 15.9 Å². The quantitative estimate of drug-likeness (QED) is 0.836. The Morgan fingerprint density at radius 1 is 1.42 bits per heavy atom. The number of phenolic OH excluding ortho intramolecular Hbond substituents is 1. The van der Waals surface area contributed by atoms with E-state index in [1.54, 1.807) is 18.2 Å². The molecule has 1 saturated heterocycles. The number of likely N-dealkylation sites (N-methyl/N-ethyl adjacent to an activating group) is 1. The number of ether oxygens (including phenoxy) is 1.